The third-order valence-corrected chi connectivity index (χ3v) is 6.59. The highest BCUT2D eigenvalue weighted by molar-refractivity contribution is 7.86. The van der Waals surface area contributed by atoms with Crippen molar-refractivity contribution in [3.63, 3.8) is 0 Å². The summed E-state index contributed by atoms with van der Waals surface area (Å²) in [6.07, 6.45) is -2.91. The van der Waals surface area contributed by atoms with E-state index < -0.39 is 27.7 Å². The molecule has 1 aliphatic rings. The van der Waals surface area contributed by atoms with Crippen molar-refractivity contribution in [3.05, 3.63) is 41.5 Å². The van der Waals surface area contributed by atoms with Crippen LogP contribution in [-0.4, -0.2) is 43.5 Å². The number of hydrogen-bond donors (Lipinski definition) is 1. The average molecular weight is 484 g/mol. The van der Waals surface area contributed by atoms with Crippen molar-refractivity contribution in [2.24, 2.45) is 10.2 Å². The molecule has 13 heteroatoms. The van der Waals surface area contributed by atoms with E-state index in [1.165, 1.54) is 6.07 Å². The van der Waals surface area contributed by atoms with Crippen molar-refractivity contribution in [1.29, 1.82) is 0 Å². The van der Waals surface area contributed by atoms with Crippen molar-refractivity contribution in [3.8, 4) is 0 Å². The minimum absolute atomic E-state index is 0.0847. The van der Waals surface area contributed by atoms with Crippen LogP contribution in [0.5, 0.6) is 0 Å². The molecule has 0 radical (unpaired) electrons. The number of thiazole rings is 1. The summed E-state index contributed by atoms with van der Waals surface area (Å²) in [6, 6.07) is 7.16. The Morgan fingerprint density at radius 3 is 2.69 bits per heavy atom. The molecule has 0 amide bonds. The van der Waals surface area contributed by atoms with Crippen LogP contribution in [0.1, 0.15) is 22.3 Å². The van der Waals surface area contributed by atoms with Crippen LogP contribution >= 0.6 is 11.3 Å². The van der Waals surface area contributed by atoms with Gasteiger partial charge in [-0.1, -0.05) is 11.3 Å². The van der Waals surface area contributed by atoms with E-state index in [-0.39, 0.29) is 23.1 Å². The molecule has 1 aromatic heterocycles. The molecule has 0 bridgehead atoms. The van der Waals surface area contributed by atoms with Gasteiger partial charge in [0, 0.05) is 17.8 Å². The van der Waals surface area contributed by atoms with Crippen LogP contribution in [0.3, 0.4) is 0 Å². The lowest BCUT2D eigenvalue weighted by Crippen LogP contribution is -2.37. The van der Waals surface area contributed by atoms with Crippen LogP contribution in [0.15, 0.2) is 45.5 Å². The highest BCUT2D eigenvalue weighted by atomic mass is 32.2. The molecule has 3 aromatic rings. The van der Waals surface area contributed by atoms with Crippen LogP contribution in [0.4, 0.5) is 29.7 Å². The van der Waals surface area contributed by atoms with Crippen LogP contribution in [0, 0.1) is 0 Å². The van der Waals surface area contributed by atoms with E-state index in [9.17, 15) is 30.9 Å². The summed E-state index contributed by atoms with van der Waals surface area (Å²) in [4.78, 5) is 15.5. The van der Waals surface area contributed by atoms with Gasteiger partial charge in [-0.3, -0.25) is 9.35 Å². The lowest BCUT2D eigenvalue weighted by atomic mass is 10.0. The monoisotopic (exact) mass is 484 g/mol. The van der Waals surface area contributed by atoms with Gasteiger partial charge in [-0.05, 0) is 48.7 Å². The van der Waals surface area contributed by atoms with E-state index in [0.29, 0.717) is 40.5 Å². The molecular formula is C19H15F3N4O4S2. The first-order valence-corrected chi connectivity index (χ1v) is 11.5. The Labute approximate surface area is 184 Å². The number of anilines is 1. The summed E-state index contributed by atoms with van der Waals surface area (Å²) in [7, 11) is -4.79. The predicted octanol–water partition coefficient (Wildman–Crippen LogP) is 5.09. The predicted molar refractivity (Wildman–Crippen MR) is 112 cm³/mol. The number of alkyl halides is 3. The Morgan fingerprint density at radius 2 is 2.00 bits per heavy atom. The SMILES string of the molecule is O=Cc1ccc2nc(N=Nc3cc4c(cc3S(=O)(=O)O)N(CC(F)(F)F)CCC4)sc2c1. The number of aromatic nitrogens is 1. The fourth-order valence-electron chi connectivity index (χ4n) is 3.48. The Morgan fingerprint density at radius 1 is 1.22 bits per heavy atom. The molecule has 0 fully saturated rings. The molecule has 0 spiro atoms. The molecule has 2 aromatic carbocycles. The summed E-state index contributed by atoms with van der Waals surface area (Å²) in [5.74, 6) is 0. The van der Waals surface area contributed by atoms with Crippen molar-refractivity contribution in [2.45, 2.75) is 23.9 Å². The number of carbonyl (C=O) groups is 1. The molecule has 2 heterocycles. The van der Waals surface area contributed by atoms with Gasteiger partial charge in [0.25, 0.3) is 10.1 Å². The summed E-state index contributed by atoms with van der Waals surface area (Å²) < 4.78 is 72.9. The van der Waals surface area contributed by atoms with Crippen molar-refractivity contribution in [1.82, 2.24) is 4.98 Å². The minimum Gasteiger partial charge on any atom is -0.362 e. The smallest absolute Gasteiger partial charge is 0.362 e. The maximum absolute atomic E-state index is 12.9. The number of nitrogens with zero attached hydrogens (tertiary/aromatic N) is 4. The number of aryl methyl sites for hydroxylation is 1. The fourth-order valence-corrected chi connectivity index (χ4v) is 4.94. The van der Waals surface area contributed by atoms with Crippen LogP contribution in [-0.2, 0) is 16.5 Å². The lowest BCUT2D eigenvalue weighted by molar-refractivity contribution is -0.119. The second kappa shape index (κ2) is 8.22. The number of azo groups is 1. The average Bonchev–Trinajstić information content (AvgIpc) is 3.12. The molecule has 32 heavy (non-hydrogen) atoms. The van der Waals surface area contributed by atoms with Crippen LogP contribution in [0.2, 0.25) is 0 Å². The number of carbonyl (C=O) groups excluding carboxylic acids is 1. The number of rotatable bonds is 5. The summed E-state index contributed by atoms with van der Waals surface area (Å²) in [5.41, 5.74) is 1.38. The molecule has 0 atom stereocenters. The quantitative estimate of drug-likeness (QED) is 0.307. The molecule has 0 aliphatic carbocycles. The van der Waals surface area contributed by atoms with Crippen molar-refractivity contribution >= 4 is 54.5 Å². The highest BCUT2D eigenvalue weighted by Crippen LogP contribution is 2.38. The van der Waals surface area contributed by atoms with Gasteiger partial charge in [-0.2, -0.15) is 21.6 Å². The standard InChI is InChI=1S/C19H15F3N4O4S2/c20-19(21,22)10-26-5-1-2-12-7-14(17(8-15(12)26)32(28,29)30)24-25-18-23-13-4-3-11(9-27)6-16(13)31-18/h3-4,6-9H,1-2,5,10H2,(H,28,29,30). The van der Waals surface area contributed by atoms with E-state index in [1.807, 2.05) is 0 Å². The van der Waals surface area contributed by atoms with Crippen molar-refractivity contribution < 1.29 is 30.9 Å². The first-order chi connectivity index (χ1) is 15.0. The molecule has 1 aliphatic heterocycles. The molecular weight excluding hydrogens is 469 g/mol. The number of aldehydes is 1. The zero-order valence-corrected chi connectivity index (χ0v) is 17.8. The van der Waals surface area contributed by atoms with Crippen molar-refractivity contribution in [2.75, 3.05) is 18.0 Å². The zero-order chi connectivity index (χ0) is 23.1. The summed E-state index contributed by atoms with van der Waals surface area (Å²) in [6.45, 7) is -1.13. The second-order valence-corrected chi connectivity index (χ2v) is 9.50. The molecule has 8 nitrogen and oxygen atoms in total. The van der Waals surface area contributed by atoms with E-state index in [0.717, 1.165) is 22.3 Å². The van der Waals surface area contributed by atoms with Gasteiger partial charge in [-0.25, -0.2) is 4.98 Å². The summed E-state index contributed by atoms with van der Waals surface area (Å²) in [5, 5.41) is 8.04. The maximum atomic E-state index is 12.9. The third kappa shape index (κ3) is 4.79. The zero-order valence-electron chi connectivity index (χ0n) is 16.2. The normalized spacial score (nSPS) is 14.8. The van der Waals surface area contributed by atoms with E-state index in [2.05, 4.69) is 15.2 Å². The largest absolute Gasteiger partial charge is 0.405 e. The van der Waals surface area contributed by atoms with Gasteiger partial charge in [0.05, 0.1) is 10.2 Å². The van der Waals surface area contributed by atoms with E-state index in [1.54, 1.807) is 18.2 Å². The maximum Gasteiger partial charge on any atom is 0.405 e. The molecule has 0 saturated heterocycles. The summed E-state index contributed by atoms with van der Waals surface area (Å²) >= 11 is 1.12. The molecule has 0 saturated carbocycles. The topological polar surface area (TPSA) is 112 Å². The first kappa shape index (κ1) is 22.3. The van der Waals surface area contributed by atoms with Gasteiger partial charge >= 0.3 is 6.18 Å². The molecule has 168 valence electrons. The Kier molecular flexibility index (Phi) is 5.73. The molecule has 4 rings (SSSR count). The van der Waals surface area contributed by atoms with Gasteiger partial charge in [-0.15, -0.1) is 10.2 Å². The third-order valence-electron chi connectivity index (χ3n) is 4.80. The fraction of sp³-hybridized carbons (Fsp3) is 0.263. The lowest BCUT2D eigenvalue weighted by Gasteiger charge is -2.32. The van der Waals surface area contributed by atoms with Gasteiger partial charge in [0.2, 0.25) is 5.13 Å². The van der Waals surface area contributed by atoms with Crippen LogP contribution in [0.25, 0.3) is 10.2 Å². The Bertz CT molecular complexity index is 1340. The van der Waals surface area contributed by atoms with Gasteiger partial charge < -0.3 is 4.90 Å². The van der Waals surface area contributed by atoms with E-state index >= 15 is 0 Å². The Hall–Kier alpha value is -2.90. The first-order valence-electron chi connectivity index (χ1n) is 9.27. The number of halogens is 3. The second-order valence-electron chi connectivity index (χ2n) is 7.11. The molecule has 0 unspecified atom stereocenters. The van der Waals surface area contributed by atoms with Crippen LogP contribution < -0.4 is 4.90 Å². The molecule has 1 N–H and O–H groups in total. The minimum atomic E-state index is -4.79. The number of fused-ring (bicyclic) bond motifs is 2. The van der Waals surface area contributed by atoms with E-state index in [4.69, 9.17) is 0 Å². The Balaban J connectivity index is 1.74. The highest BCUT2D eigenvalue weighted by Gasteiger charge is 2.33. The number of hydrogen-bond acceptors (Lipinski definition) is 8. The van der Waals surface area contributed by atoms with Gasteiger partial charge in [0.1, 0.15) is 23.4 Å². The van der Waals surface area contributed by atoms with Gasteiger partial charge in [0.15, 0.2) is 0 Å². The number of benzene rings is 2.